The molecule has 0 aliphatic rings. The predicted octanol–water partition coefficient (Wildman–Crippen LogP) is 2.78. The Labute approximate surface area is 97.6 Å². The largest absolute Gasteiger partial charge is 0.325 e. The minimum Gasteiger partial charge on any atom is -0.325 e. The van der Waals surface area contributed by atoms with Crippen molar-refractivity contribution in [3.8, 4) is 6.07 Å². The van der Waals surface area contributed by atoms with Crippen LogP contribution in [0.15, 0.2) is 18.2 Å². The van der Waals surface area contributed by atoms with Crippen LogP contribution in [0.25, 0.3) is 0 Å². The Bertz CT molecular complexity index is 424. The van der Waals surface area contributed by atoms with E-state index in [2.05, 4.69) is 5.32 Å². The van der Waals surface area contributed by atoms with Crippen molar-refractivity contribution < 1.29 is 4.79 Å². The fraction of sp³-hybridized carbons (Fsp3) is 0.200. The molecule has 0 aliphatic carbocycles. The quantitative estimate of drug-likeness (QED) is 0.812. The number of benzene rings is 1. The topological polar surface area (TPSA) is 52.9 Å². The highest BCUT2D eigenvalue weighted by molar-refractivity contribution is 6.32. The average Bonchev–Trinajstić information content (AvgIpc) is 2.20. The Morgan fingerprint density at radius 3 is 2.80 bits per heavy atom. The van der Waals surface area contributed by atoms with E-state index in [0.29, 0.717) is 16.3 Å². The zero-order valence-corrected chi connectivity index (χ0v) is 9.43. The molecule has 15 heavy (non-hydrogen) atoms. The lowest BCUT2D eigenvalue weighted by atomic mass is 10.2. The second-order valence-corrected chi connectivity index (χ2v) is 3.97. The molecule has 0 spiro atoms. The van der Waals surface area contributed by atoms with E-state index in [1.54, 1.807) is 19.1 Å². The number of nitriles is 1. The molecule has 0 heterocycles. The highest BCUT2D eigenvalue weighted by atomic mass is 35.5. The maximum absolute atomic E-state index is 11.2. The summed E-state index contributed by atoms with van der Waals surface area (Å²) in [6, 6.07) is 6.58. The Balaban J connectivity index is 2.89. The van der Waals surface area contributed by atoms with Crippen molar-refractivity contribution >= 4 is 34.8 Å². The van der Waals surface area contributed by atoms with Crippen molar-refractivity contribution in [2.75, 3.05) is 5.32 Å². The fourth-order valence-corrected chi connectivity index (χ4v) is 1.14. The molecule has 3 nitrogen and oxygen atoms in total. The molecule has 1 rings (SSSR count). The van der Waals surface area contributed by atoms with Gasteiger partial charge in [0.2, 0.25) is 5.91 Å². The summed E-state index contributed by atoms with van der Waals surface area (Å²) in [4.78, 5) is 11.2. The number of carbonyl (C=O) groups excluding carboxylic acids is 1. The summed E-state index contributed by atoms with van der Waals surface area (Å²) in [6.07, 6.45) is 0. The monoisotopic (exact) mass is 242 g/mol. The van der Waals surface area contributed by atoms with Gasteiger partial charge >= 0.3 is 0 Å². The molecule has 0 fully saturated rings. The van der Waals surface area contributed by atoms with Crippen LogP contribution < -0.4 is 5.32 Å². The van der Waals surface area contributed by atoms with E-state index in [4.69, 9.17) is 28.5 Å². The zero-order valence-electron chi connectivity index (χ0n) is 7.92. The number of rotatable bonds is 2. The molecule has 0 saturated heterocycles. The molecule has 0 saturated carbocycles. The van der Waals surface area contributed by atoms with Gasteiger partial charge < -0.3 is 5.32 Å². The van der Waals surface area contributed by atoms with Crippen molar-refractivity contribution in [1.29, 1.82) is 5.26 Å². The molecule has 0 radical (unpaired) electrons. The van der Waals surface area contributed by atoms with E-state index >= 15 is 0 Å². The van der Waals surface area contributed by atoms with E-state index in [1.807, 2.05) is 6.07 Å². The zero-order chi connectivity index (χ0) is 11.4. The van der Waals surface area contributed by atoms with E-state index in [1.165, 1.54) is 6.07 Å². The van der Waals surface area contributed by atoms with Crippen LogP contribution in [0.4, 0.5) is 5.69 Å². The minimum atomic E-state index is -0.619. The maximum atomic E-state index is 11.2. The van der Waals surface area contributed by atoms with Crippen molar-refractivity contribution in [3.63, 3.8) is 0 Å². The van der Waals surface area contributed by atoms with Crippen LogP contribution in [-0.2, 0) is 4.79 Å². The number of halogens is 2. The third-order valence-electron chi connectivity index (χ3n) is 1.72. The Morgan fingerprint density at radius 2 is 2.27 bits per heavy atom. The first-order chi connectivity index (χ1) is 7.04. The first-order valence-electron chi connectivity index (χ1n) is 4.19. The smallest absolute Gasteiger partial charge is 0.242 e. The van der Waals surface area contributed by atoms with Crippen LogP contribution in [0.3, 0.4) is 0 Å². The molecule has 5 heteroatoms. The molecule has 1 amide bonds. The molecule has 1 unspecified atom stereocenters. The molecule has 1 aromatic rings. The van der Waals surface area contributed by atoms with E-state index in [-0.39, 0.29) is 5.91 Å². The van der Waals surface area contributed by atoms with Crippen LogP contribution >= 0.6 is 23.2 Å². The number of anilines is 1. The highest BCUT2D eigenvalue weighted by Gasteiger charge is 2.09. The third kappa shape index (κ3) is 3.12. The van der Waals surface area contributed by atoms with Gasteiger partial charge in [-0.25, -0.2) is 0 Å². The third-order valence-corrected chi connectivity index (χ3v) is 2.24. The minimum absolute atomic E-state index is 0.316. The second kappa shape index (κ2) is 5.01. The number of nitrogens with one attached hydrogen (secondary N) is 1. The standard InChI is InChI=1S/C10H8Cl2N2O/c1-6(11)10(15)14-8-2-3-9(12)7(4-8)5-13/h2-4,6H,1H3,(H,14,15). The number of carbonyl (C=O) groups is 1. The van der Waals surface area contributed by atoms with Crippen molar-refractivity contribution in [3.05, 3.63) is 28.8 Å². The van der Waals surface area contributed by atoms with Gasteiger partial charge in [0.1, 0.15) is 11.4 Å². The molecule has 78 valence electrons. The van der Waals surface area contributed by atoms with Crippen LogP contribution in [0.2, 0.25) is 5.02 Å². The summed E-state index contributed by atoms with van der Waals surface area (Å²) in [5.74, 6) is -0.317. The first kappa shape index (κ1) is 11.8. The highest BCUT2D eigenvalue weighted by Crippen LogP contribution is 2.19. The Hall–Kier alpha value is -1.24. The van der Waals surface area contributed by atoms with Crippen molar-refractivity contribution in [2.45, 2.75) is 12.3 Å². The normalized spacial score (nSPS) is 11.6. The second-order valence-electron chi connectivity index (χ2n) is 2.91. The number of hydrogen-bond donors (Lipinski definition) is 1. The number of amides is 1. The fourth-order valence-electron chi connectivity index (χ4n) is 0.930. The molecule has 1 atom stereocenters. The molecule has 0 aromatic heterocycles. The number of alkyl halides is 1. The van der Waals surface area contributed by atoms with Gasteiger partial charge in [-0.3, -0.25) is 4.79 Å². The summed E-state index contributed by atoms with van der Waals surface area (Å²) in [6.45, 7) is 1.57. The molecule has 0 bridgehead atoms. The average molecular weight is 243 g/mol. The predicted molar refractivity (Wildman–Crippen MR) is 60.1 cm³/mol. The van der Waals surface area contributed by atoms with E-state index < -0.39 is 5.38 Å². The lowest BCUT2D eigenvalue weighted by Gasteiger charge is -2.06. The lowest BCUT2D eigenvalue weighted by Crippen LogP contribution is -2.20. The maximum Gasteiger partial charge on any atom is 0.242 e. The Kier molecular flexibility index (Phi) is 3.96. The Morgan fingerprint density at radius 1 is 1.60 bits per heavy atom. The van der Waals surface area contributed by atoms with Crippen LogP contribution in [-0.4, -0.2) is 11.3 Å². The van der Waals surface area contributed by atoms with Crippen molar-refractivity contribution in [1.82, 2.24) is 0 Å². The first-order valence-corrected chi connectivity index (χ1v) is 5.00. The van der Waals surface area contributed by atoms with Gasteiger partial charge in [-0.2, -0.15) is 5.26 Å². The van der Waals surface area contributed by atoms with Crippen LogP contribution in [0.1, 0.15) is 12.5 Å². The van der Waals surface area contributed by atoms with Gasteiger partial charge in [0.15, 0.2) is 0 Å². The summed E-state index contributed by atoms with van der Waals surface area (Å²) in [5, 5.41) is 11.0. The van der Waals surface area contributed by atoms with Gasteiger partial charge in [-0.15, -0.1) is 11.6 Å². The van der Waals surface area contributed by atoms with Gasteiger partial charge in [0.05, 0.1) is 10.6 Å². The summed E-state index contributed by atoms with van der Waals surface area (Å²) >= 11 is 11.3. The SMILES string of the molecule is CC(Cl)C(=O)Nc1ccc(Cl)c(C#N)c1. The number of hydrogen-bond acceptors (Lipinski definition) is 2. The molecular weight excluding hydrogens is 235 g/mol. The van der Waals surface area contributed by atoms with Gasteiger partial charge in [0.25, 0.3) is 0 Å². The van der Waals surface area contributed by atoms with Crippen LogP contribution in [0.5, 0.6) is 0 Å². The summed E-state index contributed by atoms with van der Waals surface area (Å²) in [5.41, 5.74) is 0.824. The molecule has 0 aliphatic heterocycles. The van der Waals surface area contributed by atoms with Gasteiger partial charge in [-0.1, -0.05) is 11.6 Å². The van der Waals surface area contributed by atoms with Crippen molar-refractivity contribution in [2.24, 2.45) is 0 Å². The summed E-state index contributed by atoms with van der Waals surface area (Å²) < 4.78 is 0. The van der Waals surface area contributed by atoms with Gasteiger partial charge in [0, 0.05) is 5.69 Å². The molecular formula is C10H8Cl2N2O. The summed E-state index contributed by atoms with van der Waals surface area (Å²) in [7, 11) is 0. The van der Waals surface area contributed by atoms with Crippen LogP contribution in [0, 0.1) is 11.3 Å². The molecule has 1 N–H and O–H groups in total. The van der Waals surface area contributed by atoms with E-state index in [0.717, 1.165) is 0 Å². The van der Waals surface area contributed by atoms with E-state index in [9.17, 15) is 4.79 Å². The number of nitrogens with zero attached hydrogens (tertiary/aromatic N) is 1. The van der Waals surface area contributed by atoms with Gasteiger partial charge in [-0.05, 0) is 25.1 Å². The molecule has 1 aromatic carbocycles. The lowest BCUT2D eigenvalue weighted by molar-refractivity contribution is -0.115.